The molecule has 0 aliphatic carbocycles. The molecule has 88 valence electrons. The quantitative estimate of drug-likeness (QED) is 0.735. The fraction of sp³-hybridized carbons (Fsp3) is 0. The predicted molar refractivity (Wildman–Crippen MR) is 67.4 cm³/mol. The minimum atomic E-state index is -0.452. The van der Waals surface area contributed by atoms with Gasteiger partial charge < -0.3 is 5.73 Å². The Bertz CT molecular complexity index is 718. The maximum atomic E-state index is 11.3. The second-order valence-corrected chi connectivity index (χ2v) is 3.89. The number of primary amides is 1. The van der Waals surface area contributed by atoms with Crippen LogP contribution in [0.2, 0.25) is 0 Å². The number of fused-ring (bicyclic) bond motifs is 1. The smallest absolute Gasteiger partial charge is 0.249 e. The molecular formula is C13H10N4O. The SMILES string of the molecule is NC(=O)c1cccc2nn(-c3cccnc3)cc12. The van der Waals surface area contributed by atoms with Crippen LogP contribution in [0.25, 0.3) is 16.6 Å². The molecule has 0 bridgehead atoms. The van der Waals surface area contributed by atoms with Gasteiger partial charge in [0.05, 0.1) is 23.0 Å². The summed E-state index contributed by atoms with van der Waals surface area (Å²) >= 11 is 0. The zero-order chi connectivity index (χ0) is 12.5. The van der Waals surface area contributed by atoms with Gasteiger partial charge in [-0.15, -0.1) is 0 Å². The van der Waals surface area contributed by atoms with Crippen molar-refractivity contribution in [1.82, 2.24) is 14.8 Å². The van der Waals surface area contributed by atoms with Crippen LogP contribution >= 0.6 is 0 Å². The van der Waals surface area contributed by atoms with E-state index in [-0.39, 0.29) is 0 Å². The van der Waals surface area contributed by atoms with E-state index < -0.39 is 5.91 Å². The fourth-order valence-electron chi connectivity index (χ4n) is 1.88. The number of aromatic nitrogens is 3. The van der Waals surface area contributed by atoms with E-state index in [1.807, 2.05) is 18.2 Å². The van der Waals surface area contributed by atoms with E-state index in [0.717, 1.165) is 16.6 Å². The van der Waals surface area contributed by atoms with Gasteiger partial charge in [0.1, 0.15) is 0 Å². The third-order valence-electron chi connectivity index (χ3n) is 2.73. The first-order valence-corrected chi connectivity index (χ1v) is 5.44. The van der Waals surface area contributed by atoms with Crippen molar-refractivity contribution in [2.75, 3.05) is 0 Å². The fourth-order valence-corrected chi connectivity index (χ4v) is 1.88. The van der Waals surface area contributed by atoms with Crippen molar-refractivity contribution >= 4 is 16.8 Å². The molecular weight excluding hydrogens is 228 g/mol. The summed E-state index contributed by atoms with van der Waals surface area (Å²) in [6, 6.07) is 9.02. The van der Waals surface area contributed by atoms with E-state index in [4.69, 9.17) is 5.73 Å². The van der Waals surface area contributed by atoms with Crippen molar-refractivity contribution in [3.05, 3.63) is 54.5 Å². The van der Waals surface area contributed by atoms with Gasteiger partial charge in [0.25, 0.3) is 0 Å². The van der Waals surface area contributed by atoms with Crippen LogP contribution in [0.15, 0.2) is 48.9 Å². The Morgan fingerprint density at radius 1 is 1.22 bits per heavy atom. The van der Waals surface area contributed by atoms with Crippen LogP contribution < -0.4 is 5.73 Å². The third-order valence-corrected chi connectivity index (χ3v) is 2.73. The number of amides is 1. The average molecular weight is 238 g/mol. The predicted octanol–water partition coefficient (Wildman–Crippen LogP) is 1.52. The molecule has 3 aromatic rings. The lowest BCUT2D eigenvalue weighted by atomic mass is 10.1. The van der Waals surface area contributed by atoms with Crippen LogP contribution in [0.5, 0.6) is 0 Å². The maximum absolute atomic E-state index is 11.3. The molecule has 0 radical (unpaired) electrons. The average Bonchev–Trinajstić information content (AvgIpc) is 2.83. The molecule has 0 aliphatic heterocycles. The normalized spacial score (nSPS) is 10.7. The molecule has 5 nitrogen and oxygen atoms in total. The number of nitrogens with zero attached hydrogens (tertiary/aromatic N) is 3. The highest BCUT2D eigenvalue weighted by Crippen LogP contribution is 2.19. The van der Waals surface area contributed by atoms with Crippen molar-refractivity contribution in [2.24, 2.45) is 5.73 Å². The van der Waals surface area contributed by atoms with E-state index in [2.05, 4.69) is 10.1 Å². The van der Waals surface area contributed by atoms with E-state index in [1.54, 1.807) is 35.4 Å². The van der Waals surface area contributed by atoms with E-state index in [1.165, 1.54) is 0 Å². The van der Waals surface area contributed by atoms with Crippen LogP contribution in [0, 0.1) is 0 Å². The first-order chi connectivity index (χ1) is 8.75. The highest BCUT2D eigenvalue weighted by Gasteiger charge is 2.10. The third kappa shape index (κ3) is 1.62. The molecule has 2 N–H and O–H groups in total. The molecule has 1 amide bonds. The Morgan fingerprint density at radius 2 is 2.11 bits per heavy atom. The van der Waals surface area contributed by atoms with Crippen LogP contribution in [0.1, 0.15) is 10.4 Å². The van der Waals surface area contributed by atoms with Gasteiger partial charge in [-0.3, -0.25) is 9.78 Å². The molecule has 5 heteroatoms. The Kier molecular flexibility index (Phi) is 2.30. The van der Waals surface area contributed by atoms with Crippen LogP contribution in [0.4, 0.5) is 0 Å². The molecule has 0 fully saturated rings. The molecule has 2 heterocycles. The molecule has 1 aromatic carbocycles. The second-order valence-electron chi connectivity index (χ2n) is 3.89. The zero-order valence-corrected chi connectivity index (χ0v) is 9.45. The number of carbonyl (C=O) groups excluding carboxylic acids is 1. The maximum Gasteiger partial charge on any atom is 0.249 e. The standard InChI is InChI=1S/C13H10N4O/c14-13(18)10-4-1-5-12-11(10)8-17(16-12)9-3-2-6-15-7-9/h1-8H,(H2,14,18). The minimum absolute atomic E-state index is 0.452. The Hall–Kier alpha value is -2.69. The molecule has 0 saturated heterocycles. The second kappa shape index (κ2) is 3.96. The van der Waals surface area contributed by atoms with Gasteiger partial charge in [-0.25, -0.2) is 4.68 Å². The van der Waals surface area contributed by atoms with Gasteiger partial charge in [-0.1, -0.05) is 6.07 Å². The molecule has 0 aliphatic rings. The van der Waals surface area contributed by atoms with Crippen LogP contribution in [0.3, 0.4) is 0 Å². The summed E-state index contributed by atoms with van der Waals surface area (Å²) < 4.78 is 1.68. The van der Waals surface area contributed by atoms with Gasteiger partial charge >= 0.3 is 0 Å². The number of hydrogen-bond donors (Lipinski definition) is 1. The number of rotatable bonds is 2. The highest BCUT2D eigenvalue weighted by molar-refractivity contribution is 6.05. The first kappa shape index (κ1) is 10.5. The summed E-state index contributed by atoms with van der Waals surface area (Å²) in [4.78, 5) is 15.4. The van der Waals surface area contributed by atoms with Crippen molar-refractivity contribution in [2.45, 2.75) is 0 Å². The van der Waals surface area contributed by atoms with Crippen molar-refractivity contribution < 1.29 is 4.79 Å². The number of nitrogens with two attached hydrogens (primary N) is 1. The van der Waals surface area contributed by atoms with Crippen LogP contribution in [-0.2, 0) is 0 Å². The van der Waals surface area contributed by atoms with E-state index in [9.17, 15) is 4.79 Å². The van der Waals surface area contributed by atoms with Gasteiger partial charge in [0, 0.05) is 17.8 Å². The molecule has 0 atom stereocenters. The van der Waals surface area contributed by atoms with E-state index >= 15 is 0 Å². The number of pyridine rings is 1. The van der Waals surface area contributed by atoms with Crippen molar-refractivity contribution in [3.63, 3.8) is 0 Å². The summed E-state index contributed by atoms with van der Waals surface area (Å²) in [7, 11) is 0. The summed E-state index contributed by atoms with van der Waals surface area (Å²) in [5.74, 6) is -0.452. The number of carbonyl (C=O) groups is 1. The Morgan fingerprint density at radius 3 is 2.83 bits per heavy atom. The zero-order valence-electron chi connectivity index (χ0n) is 9.45. The molecule has 18 heavy (non-hydrogen) atoms. The number of benzene rings is 1. The molecule has 0 spiro atoms. The first-order valence-electron chi connectivity index (χ1n) is 5.44. The monoisotopic (exact) mass is 238 g/mol. The lowest BCUT2D eigenvalue weighted by Crippen LogP contribution is -2.10. The Balaban J connectivity index is 2.23. The topological polar surface area (TPSA) is 73.8 Å². The summed E-state index contributed by atoms with van der Waals surface area (Å²) in [6.45, 7) is 0. The van der Waals surface area contributed by atoms with Gasteiger partial charge in [0.15, 0.2) is 0 Å². The lowest BCUT2D eigenvalue weighted by molar-refractivity contribution is 0.100. The van der Waals surface area contributed by atoms with Crippen molar-refractivity contribution in [3.8, 4) is 5.69 Å². The lowest BCUT2D eigenvalue weighted by Gasteiger charge is -1.97. The van der Waals surface area contributed by atoms with Crippen molar-refractivity contribution in [1.29, 1.82) is 0 Å². The summed E-state index contributed by atoms with van der Waals surface area (Å²) in [5, 5.41) is 5.14. The molecule has 0 unspecified atom stereocenters. The number of hydrogen-bond acceptors (Lipinski definition) is 3. The Labute approximate surface area is 103 Å². The minimum Gasteiger partial charge on any atom is -0.366 e. The van der Waals surface area contributed by atoms with E-state index in [0.29, 0.717) is 5.56 Å². The molecule has 0 saturated carbocycles. The molecule has 2 aromatic heterocycles. The van der Waals surface area contributed by atoms with Crippen LogP contribution in [-0.4, -0.2) is 20.7 Å². The largest absolute Gasteiger partial charge is 0.366 e. The van der Waals surface area contributed by atoms with Gasteiger partial charge in [0.2, 0.25) is 5.91 Å². The molecule has 3 rings (SSSR count). The summed E-state index contributed by atoms with van der Waals surface area (Å²) in [5.41, 5.74) is 7.38. The summed E-state index contributed by atoms with van der Waals surface area (Å²) in [6.07, 6.45) is 5.18. The van der Waals surface area contributed by atoms with Gasteiger partial charge in [-0.05, 0) is 24.3 Å². The highest BCUT2D eigenvalue weighted by atomic mass is 16.1. The van der Waals surface area contributed by atoms with Gasteiger partial charge in [-0.2, -0.15) is 5.10 Å².